The number of nitrogens with zero attached hydrogens (tertiary/aromatic N) is 3. The number of imidazole rings is 1. The van der Waals surface area contributed by atoms with Gasteiger partial charge in [-0.3, -0.25) is 20.2 Å². The Bertz CT molecular complexity index is 1020. The summed E-state index contributed by atoms with van der Waals surface area (Å²) in [6.45, 7) is 6.07. The summed E-state index contributed by atoms with van der Waals surface area (Å²) >= 11 is 1.99. The Kier molecular flexibility index (Phi) is 4.70. The summed E-state index contributed by atoms with van der Waals surface area (Å²) in [5.41, 5.74) is 1.48. The molecule has 0 fully saturated rings. The van der Waals surface area contributed by atoms with E-state index in [1.54, 1.807) is 6.07 Å². The monoisotopic (exact) mass is 464 g/mol. The Balaban J connectivity index is 2.06. The Hall–Kier alpha value is -2.49. The molecule has 0 unspecified atom stereocenters. The number of nitro benzene ring substituents is 1. The van der Waals surface area contributed by atoms with Crippen molar-refractivity contribution in [2.45, 2.75) is 26.3 Å². The molecular formula is C18H17IN4O3. The molecule has 1 amide bonds. The van der Waals surface area contributed by atoms with Gasteiger partial charge in [-0.15, -0.1) is 0 Å². The van der Waals surface area contributed by atoms with Crippen LogP contribution in [-0.4, -0.2) is 20.4 Å². The van der Waals surface area contributed by atoms with Gasteiger partial charge in [0.15, 0.2) is 0 Å². The van der Waals surface area contributed by atoms with Crippen LogP contribution in [0.3, 0.4) is 0 Å². The van der Waals surface area contributed by atoms with Crippen LogP contribution in [0.15, 0.2) is 42.5 Å². The third kappa shape index (κ3) is 3.41. The predicted molar refractivity (Wildman–Crippen MR) is 108 cm³/mol. The van der Waals surface area contributed by atoms with Gasteiger partial charge >= 0.3 is 0 Å². The highest BCUT2D eigenvalue weighted by molar-refractivity contribution is 14.1. The van der Waals surface area contributed by atoms with Gasteiger partial charge in [0.1, 0.15) is 0 Å². The van der Waals surface area contributed by atoms with E-state index in [0.29, 0.717) is 9.52 Å². The van der Waals surface area contributed by atoms with Crippen LogP contribution in [0.25, 0.3) is 11.0 Å². The molecule has 3 aromatic rings. The van der Waals surface area contributed by atoms with Crippen LogP contribution in [0.5, 0.6) is 0 Å². The first-order chi connectivity index (χ1) is 12.2. The normalized spacial score (nSPS) is 11.5. The molecule has 0 atom stereocenters. The molecule has 0 saturated carbocycles. The van der Waals surface area contributed by atoms with Crippen molar-refractivity contribution in [2.24, 2.45) is 0 Å². The number of aromatic nitrogens is 2. The van der Waals surface area contributed by atoms with E-state index >= 15 is 0 Å². The average molecular weight is 464 g/mol. The van der Waals surface area contributed by atoms with Crippen molar-refractivity contribution in [3.05, 3.63) is 61.7 Å². The highest BCUT2D eigenvalue weighted by Gasteiger charge is 2.24. The van der Waals surface area contributed by atoms with Gasteiger partial charge in [-0.25, -0.2) is 4.98 Å². The molecule has 1 heterocycles. The van der Waals surface area contributed by atoms with E-state index in [-0.39, 0.29) is 16.8 Å². The Morgan fingerprint density at radius 1 is 1.23 bits per heavy atom. The van der Waals surface area contributed by atoms with Crippen molar-refractivity contribution < 1.29 is 9.72 Å². The second kappa shape index (κ2) is 6.67. The molecule has 0 aliphatic heterocycles. The molecule has 134 valence electrons. The number of nitrogens with one attached hydrogen (secondary N) is 1. The average Bonchev–Trinajstić information content (AvgIpc) is 2.92. The number of halogens is 1. The summed E-state index contributed by atoms with van der Waals surface area (Å²) in [6, 6.07) is 11.8. The van der Waals surface area contributed by atoms with E-state index in [0.717, 1.165) is 11.0 Å². The van der Waals surface area contributed by atoms with Gasteiger partial charge in [0.05, 0.1) is 21.5 Å². The summed E-state index contributed by atoms with van der Waals surface area (Å²) in [7, 11) is 0. The predicted octanol–water partition coefficient (Wildman–Crippen LogP) is 4.56. The summed E-state index contributed by atoms with van der Waals surface area (Å²) in [4.78, 5) is 27.8. The number of fused-ring (bicyclic) bond motifs is 1. The van der Waals surface area contributed by atoms with Crippen LogP contribution >= 0.6 is 22.6 Å². The third-order valence-electron chi connectivity index (χ3n) is 3.86. The van der Waals surface area contributed by atoms with Gasteiger partial charge < -0.3 is 4.57 Å². The zero-order valence-electron chi connectivity index (χ0n) is 14.5. The number of anilines is 1. The van der Waals surface area contributed by atoms with E-state index in [1.807, 2.05) is 72.2 Å². The first-order valence-electron chi connectivity index (χ1n) is 7.92. The van der Waals surface area contributed by atoms with Gasteiger partial charge in [-0.1, -0.05) is 12.1 Å². The molecule has 3 rings (SSSR count). The van der Waals surface area contributed by atoms with Crippen LogP contribution in [0, 0.1) is 13.7 Å². The molecule has 2 aromatic carbocycles. The number of rotatable bonds is 3. The summed E-state index contributed by atoms with van der Waals surface area (Å²) < 4.78 is 2.58. The fraction of sp³-hybridized carbons (Fsp3) is 0.222. The van der Waals surface area contributed by atoms with E-state index in [4.69, 9.17) is 0 Å². The molecule has 0 aliphatic carbocycles. The molecule has 7 nitrogen and oxygen atoms in total. The lowest BCUT2D eigenvalue weighted by Crippen LogP contribution is -2.26. The van der Waals surface area contributed by atoms with Gasteiger partial charge in [0.25, 0.3) is 11.6 Å². The minimum atomic E-state index is -0.517. The quantitative estimate of drug-likeness (QED) is 0.350. The first-order valence-corrected chi connectivity index (χ1v) is 8.99. The van der Waals surface area contributed by atoms with Crippen LogP contribution in [0.4, 0.5) is 11.6 Å². The van der Waals surface area contributed by atoms with E-state index in [9.17, 15) is 14.9 Å². The summed E-state index contributed by atoms with van der Waals surface area (Å²) in [6.07, 6.45) is 0. The number of carbonyl (C=O) groups is 1. The number of carbonyl (C=O) groups excluding carboxylic acids is 1. The maximum atomic E-state index is 12.8. The van der Waals surface area contributed by atoms with Crippen LogP contribution in [-0.2, 0) is 5.54 Å². The zero-order valence-corrected chi connectivity index (χ0v) is 16.6. The van der Waals surface area contributed by atoms with Crippen molar-refractivity contribution in [1.29, 1.82) is 0 Å². The summed E-state index contributed by atoms with van der Waals surface area (Å²) in [5.74, 6) is -0.0232. The lowest BCUT2D eigenvalue weighted by Gasteiger charge is -2.24. The first kappa shape index (κ1) is 18.3. The van der Waals surface area contributed by atoms with E-state index < -0.39 is 10.8 Å². The molecule has 1 aromatic heterocycles. The largest absolute Gasteiger partial charge is 0.305 e. The lowest BCUT2D eigenvalue weighted by molar-refractivity contribution is -0.384. The third-order valence-corrected chi connectivity index (χ3v) is 4.80. The van der Waals surface area contributed by atoms with Gasteiger partial charge in [0.2, 0.25) is 5.95 Å². The number of non-ortho nitro benzene ring substituents is 1. The zero-order chi connectivity index (χ0) is 19.1. The highest BCUT2D eigenvalue weighted by Crippen LogP contribution is 2.29. The fourth-order valence-electron chi connectivity index (χ4n) is 2.76. The van der Waals surface area contributed by atoms with Gasteiger partial charge in [0, 0.05) is 21.2 Å². The van der Waals surface area contributed by atoms with Crippen molar-refractivity contribution in [3.8, 4) is 0 Å². The van der Waals surface area contributed by atoms with Crippen molar-refractivity contribution in [1.82, 2.24) is 9.55 Å². The highest BCUT2D eigenvalue weighted by atomic mass is 127. The minimum Gasteiger partial charge on any atom is -0.305 e. The standard InChI is InChI=1S/C18H17IN4O3/c1-18(2,3)22-15-7-5-4-6-14(15)20-17(22)21-16(24)12-10-11(23(25)26)8-9-13(12)19/h4-10H,1-3H3,(H,20,21,24). The number of amides is 1. The number of nitro groups is 1. The topological polar surface area (TPSA) is 90.1 Å². The van der Waals surface area contributed by atoms with Crippen molar-refractivity contribution >= 4 is 51.2 Å². The van der Waals surface area contributed by atoms with Crippen molar-refractivity contribution in [2.75, 3.05) is 5.32 Å². The van der Waals surface area contributed by atoms with Crippen LogP contribution in [0.2, 0.25) is 0 Å². The second-order valence-corrected chi connectivity index (χ2v) is 7.97. The maximum Gasteiger partial charge on any atom is 0.270 e. The molecule has 0 aliphatic rings. The van der Waals surface area contributed by atoms with E-state index in [2.05, 4.69) is 10.3 Å². The number of hydrogen-bond acceptors (Lipinski definition) is 4. The van der Waals surface area contributed by atoms with Crippen molar-refractivity contribution in [3.63, 3.8) is 0 Å². The Morgan fingerprint density at radius 3 is 2.58 bits per heavy atom. The molecule has 0 spiro atoms. The molecule has 0 radical (unpaired) electrons. The van der Waals surface area contributed by atoms with Crippen LogP contribution in [0.1, 0.15) is 31.1 Å². The molecule has 0 saturated heterocycles. The Labute approximate surface area is 163 Å². The molecule has 1 N–H and O–H groups in total. The number of hydrogen-bond donors (Lipinski definition) is 1. The summed E-state index contributed by atoms with van der Waals surface area (Å²) in [5, 5.41) is 13.8. The lowest BCUT2D eigenvalue weighted by atomic mass is 10.1. The van der Waals surface area contributed by atoms with Gasteiger partial charge in [-0.2, -0.15) is 0 Å². The van der Waals surface area contributed by atoms with E-state index in [1.165, 1.54) is 12.1 Å². The molecule has 0 bridgehead atoms. The fourth-order valence-corrected chi connectivity index (χ4v) is 3.34. The number of benzene rings is 2. The Morgan fingerprint density at radius 2 is 1.92 bits per heavy atom. The van der Waals surface area contributed by atoms with Crippen LogP contribution < -0.4 is 5.32 Å². The molecular weight excluding hydrogens is 447 g/mol. The second-order valence-electron chi connectivity index (χ2n) is 6.81. The smallest absolute Gasteiger partial charge is 0.270 e. The minimum absolute atomic E-state index is 0.125. The molecule has 8 heteroatoms. The molecule has 26 heavy (non-hydrogen) atoms. The van der Waals surface area contributed by atoms with Gasteiger partial charge in [-0.05, 0) is 61.6 Å². The number of para-hydroxylation sites is 2. The maximum absolute atomic E-state index is 12.8. The SMILES string of the molecule is CC(C)(C)n1c(NC(=O)c2cc([N+](=O)[O-])ccc2I)nc2ccccc21.